The molecule has 0 fully saturated rings. The Balaban J connectivity index is 1.96. The predicted molar refractivity (Wildman–Crippen MR) is 129 cm³/mol. The molecule has 0 saturated carbocycles. The van der Waals surface area contributed by atoms with Gasteiger partial charge in [-0.15, -0.1) is 11.3 Å². The van der Waals surface area contributed by atoms with Crippen LogP contribution in [0.2, 0.25) is 0 Å². The molecule has 0 atom stereocenters. The zero-order valence-corrected chi connectivity index (χ0v) is 20.9. The number of sulfonamides is 1. The van der Waals surface area contributed by atoms with Gasteiger partial charge in [-0.05, 0) is 47.9 Å². The van der Waals surface area contributed by atoms with E-state index in [0.717, 1.165) is 21.6 Å². The van der Waals surface area contributed by atoms with Gasteiger partial charge in [0.25, 0.3) is 0 Å². The maximum atomic E-state index is 13.4. The van der Waals surface area contributed by atoms with E-state index in [1.54, 1.807) is 24.3 Å². The maximum absolute atomic E-state index is 13.4. The fraction of sp³-hybridized carbons (Fsp3) is 0.261. The Morgan fingerprint density at radius 3 is 2.33 bits per heavy atom. The molecular weight excluding hydrogens is 482 g/mol. The molecule has 1 N–H and O–H groups in total. The van der Waals surface area contributed by atoms with Gasteiger partial charge in [0.15, 0.2) is 9.84 Å². The van der Waals surface area contributed by atoms with Crippen LogP contribution in [0.4, 0.5) is 0 Å². The monoisotopic (exact) mass is 507 g/mol. The summed E-state index contributed by atoms with van der Waals surface area (Å²) in [4.78, 5) is 13.1. The summed E-state index contributed by atoms with van der Waals surface area (Å²) < 4.78 is 51.9. The Labute approximate surface area is 198 Å². The number of rotatable bonds is 9. The molecule has 0 unspecified atom stereocenters. The Morgan fingerprint density at radius 1 is 1.00 bits per heavy atom. The number of aromatic carboxylic acids is 1. The van der Waals surface area contributed by atoms with Gasteiger partial charge in [-0.1, -0.05) is 38.1 Å². The van der Waals surface area contributed by atoms with Crippen molar-refractivity contribution in [3.63, 3.8) is 0 Å². The van der Waals surface area contributed by atoms with Crippen molar-refractivity contribution < 1.29 is 26.7 Å². The Hall–Kier alpha value is -2.53. The van der Waals surface area contributed by atoms with Crippen LogP contribution in [-0.4, -0.2) is 45.0 Å². The average molecular weight is 508 g/mol. The molecule has 0 amide bonds. The van der Waals surface area contributed by atoms with E-state index in [9.17, 15) is 26.7 Å². The van der Waals surface area contributed by atoms with Crippen LogP contribution < -0.4 is 0 Å². The van der Waals surface area contributed by atoms with Gasteiger partial charge < -0.3 is 5.11 Å². The standard InChI is InChI=1S/C23H25NO6S3/c1-16(2)14-24(33(29,30)22-10-5-4-9-20(22)23(25)26)15-18-11-12-21(31-18)17-7-6-8-19(13-17)32(3,27)28/h4-13,16H,14-15H2,1-3H3,(H,25,26). The first-order chi connectivity index (χ1) is 15.4. The number of thiophene rings is 1. The highest BCUT2D eigenvalue weighted by Gasteiger charge is 2.30. The van der Waals surface area contributed by atoms with E-state index in [0.29, 0.717) is 0 Å². The summed E-state index contributed by atoms with van der Waals surface area (Å²) in [5.74, 6) is -1.29. The van der Waals surface area contributed by atoms with Crippen LogP contribution in [0.25, 0.3) is 10.4 Å². The van der Waals surface area contributed by atoms with E-state index in [1.807, 2.05) is 19.9 Å². The summed E-state index contributed by atoms with van der Waals surface area (Å²) in [6.07, 6.45) is 1.15. The van der Waals surface area contributed by atoms with Gasteiger partial charge in [0.1, 0.15) is 0 Å². The molecule has 3 aromatic rings. The van der Waals surface area contributed by atoms with Gasteiger partial charge in [-0.25, -0.2) is 21.6 Å². The van der Waals surface area contributed by atoms with Crippen molar-refractivity contribution >= 4 is 37.2 Å². The first-order valence-electron chi connectivity index (χ1n) is 10.1. The van der Waals surface area contributed by atoms with Gasteiger partial charge in [-0.3, -0.25) is 0 Å². The molecule has 0 bridgehead atoms. The van der Waals surface area contributed by atoms with Crippen LogP contribution in [0, 0.1) is 5.92 Å². The Bertz CT molecular complexity index is 1370. The second-order valence-electron chi connectivity index (χ2n) is 8.06. The third-order valence-corrected chi connectivity index (χ3v) is 8.94. The summed E-state index contributed by atoms with van der Waals surface area (Å²) in [6.45, 7) is 4.07. The molecule has 7 nitrogen and oxygen atoms in total. The number of benzene rings is 2. The van der Waals surface area contributed by atoms with Crippen molar-refractivity contribution in [2.75, 3.05) is 12.8 Å². The zero-order chi connectivity index (χ0) is 24.4. The topological polar surface area (TPSA) is 109 Å². The molecule has 10 heteroatoms. The molecule has 33 heavy (non-hydrogen) atoms. The second-order valence-corrected chi connectivity index (χ2v) is 13.1. The summed E-state index contributed by atoms with van der Waals surface area (Å²) in [5, 5.41) is 9.47. The van der Waals surface area contributed by atoms with Gasteiger partial charge in [0, 0.05) is 29.1 Å². The van der Waals surface area contributed by atoms with Crippen molar-refractivity contribution in [2.45, 2.75) is 30.2 Å². The lowest BCUT2D eigenvalue weighted by atomic mass is 10.2. The van der Waals surface area contributed by atoms with Crippen molar-refractivity contribution in [3.05, 3.63) is 71.1 Å². The lowest BCUT2D eigenvalue weighted by Gasteiger charge is -2.24. The smallest absolute Gasteiger partial charge is 0.337 e. The summed E-state index contributed by atoms with van der Waals surface area (Å²) in [7, 11) is -7.42. The summed E-state index contributed by atoms with van der Waals surface area (Å²) in [5.41, 5.74) is 0.458. The zero-order valence-electron chi connectivity index (χ0n) is 18.4. The summed E-state index contributed by atoms with van der Waals surface area (Å²) >= 11 is 1.37. The average Bonchev–Trinajstić information content (AvgIpc) is 3.21. The van der Waals surface area contributed by atoms with Crippen molar-refractivity contribution in [1.29, 1.82) is 0 Å². The number of nitrogens with zero attached hydrogens (tertiary/aromatic N) is 1. The number of carboxylic acid groups (broad SMARTS) is 1. The number of carboxylic acids is 1. The normalized spacial score (nSPS) is 12.4. The van der Waals surface area contributed by atoms with Crippen LogP contribution in [-0.2, 0) is 26.4 Å². The fourth-order valence-electron chi connectivity index (χ4n) is 3.33. The first kappa shape index (κ1) is 25.1. The predicted octanol–water partition coefficient (Wildman–Crippen LogP) is 4.36. The van der Waals surface area contributed by atoms with Crippen LogP contribution in [0.5, 0.6) is 0 Å². The van der Waals surface area contributed by atoms with Crippen LogP contribution >= 0.6 is 11.3 Å². The molecule has 3 rings (SSSR count). The van der Waals surface area contributed by atoms with E-state index < -0.39 is 25.8 Å². The lowest BCUT2D eigenvalue weighted by molar-refractivity contribution is 0.0692. The van der Waals surface area contributed by atoms with E-state index in [-0.39, 0.29) is 34.4 Å². The minimum atomic E-state index is -4.07. The molecule has 1 heterocycles. The minimum Gasteiger partial charge on any atom is -0.478 e. The van der Waals surface area contributed by atoms with Crippen LogP contribution in [0.1, 0.15) is 29.1 Å². The minimum absolute atomic E-state index is 0.0163. The molecule has 0 aliphatic carbocycles. The SMILES string of the molecule is CC(C)CN(Cc1ccc(-c2cccc(S(C)(=O)=O)c2)s1)S(=O)(=O)c1ccccc1C(=O)O. The molecule has 0 spiro atoms. The van der Waals surface area contributed by atoms with Gasteiger partial charge >= 0.3 is 5.97 Å². The van der Waals surface area contributed by atoms with Crippen molar-refractivity contribution in [3.8, 4) is 10.4 Å². The molecule has 176 valence electrons. The largest absolute Gasteiger partial charge is 0.478 e. The number of sulfone groups is 1. The molecule has 1 aromatic heterocycles. The highest BCUT2D eigenvalue weighted by molar-refractivity contribution is 7.90. The summed E-state index contributed by atoms with van der Waals surface area (Å²) in [6, 6.07) is 15.8. The van der Waals surface area contributed by atoms with E-state index in [2.05, 4.69) is 0 Å². The second kappa shape index (κ2) is 9.76. The molecule has 0 radical (unpaired) electrons. The quantitative estimate of drug-likeness (QED) is 0.461. The van der Waals surface area contributed by atoms with Crippen molar-refractivity contribution in [1.82, 2.24) is 4.31 Å². The van der Waals surface area contributed by atoms with Crippen LogP contribution in [0.15, 0.2) is 70.5 Å². The number of hydrogen-bond acceptors (Lipinski definition) is 6. The van der Waals surface area contributed by atoms with Gasteiger partial charge in [0.05, 0.1) is 15.4 Å². The number of carbonyl (C=O) groups is 1. The molecule has 0 saturated heterocycles. The van der Waals surface area contributed by atoms with E-state index in [4.69, 9.17) is 0 Å². The third kappa shape index (κ3) is 5.89. The lowest BCUT2D eigenvalue weighted by Crippen LogP contribution is -2.34. The van der Waals surface area contributed by atoms with Crippen LogP contribution in [0.3, 0.4) is 0 Å². The highest BCUT2D eigenvalue weighted by atomic mass is 32.2. The molecular formula is C23H25NO6S3. The third-order valence-electron chi connectivity index (χ3n) is 4.84. The fourth-order valence-corrected chi connectivity index (χ4v) is 6.87. The molecule has 2 aromatic carbocycles. The first-order valence-corrected chi connectivity index (χ1v) is 14.3. The number of hydrogen-bond donors (Lipinski definition) is 1. The maximum Gasteiger partial charge on any atom is 0.337 e. The Morgan fingerprint density at radius 2 is 1.70 bits per heavy atom. The molecule has 0 aliphatic heterocycles. The van der Waals surface area contributed by atoms with E-state index in [1.165, 1.54) is 46.0 Å². The molecule has 0 aliphatic rings. The van der Waals surface area contributed by atoms with Gasteiger partial charge in [-0.2, -0.15) is 4.31 Å². The Kier molecular flexibility index (Phi) is 7.42. The van der Waals surface area contributed by atoms with E-state index >= 15 is 0 Å². The van der Waals surface area contributed by atoms with Gasteiger partial charge in [0.2, 0.25) is 10.0 Å². The highest BCUT2D eigenvalue weighted by Crippen LogP contribution is 2.32. The van der Waals surface area contributed by atoms with Crippen molar-refractivity contribution in [2.24, 2.45) is 5.92 Å².